The minimum Gasteiger partial charge on any atom is -0.490 e. The molecule has 0 unspecified atom stereocenters. The van der Waals surface area contributed by atoms with Crippen LogP contribution in [0.1, 0.15) is 46.1 Å². The van der Waals surface area contributed by atoms with Gasteiger partial charge >= 0.3 is 6.09 Å². The van der Waals surface area contributed by atoms with Gasteiger partial charge in [-0.15, -0.1) is 12.4 Å². The molecule has 1 aliphatic rings. The van der Waals surface area contributed by atoms with Gasteiger partial charge in [0.1, 0.15) is 12.4 Å². The first-order valence-electron chi connectivity index (χ1n) is 9.46. The Bertz CT molecular complexity index is 653. The van der Waals surface area contributed by atoms with Crippen molar-refractivity contribution in [3.8, 4) is 5.75 Å². The third kappa shape index (κ3) is 6.78. The Balaban J connectivity index is 0.00000392. The van der Waals surface area contributed by atoms with Crippen molar-refractivity contribution < 1.29 is 23.0 Å². The number of nitrogens with zero attached hydrogens (tertiary/aromatic N) is 1. The van der Waals surface area contributed by atoms with Crippen LogP contribution >= 0.6 is 12.4 Å². The predicted octanol–water partition coefficient (Wildman–Crippen LogP) is 4.52. The lowest BCUT2D eigenvalue weighted by atomic mass is 9.93. The lowest BCUT2D eigenvalue weighted by Crippen LogP contribution is -2.53. The summed E-state index contributed by atoms with van der Waals surface area (Å²) in [6.45, 7) is 9.88. The molecule has 0 spiro atoms. The minimum absolute atomic E-state index is 0. The van der Waals surface area contributed by atoms with Crippen molar-refractivity contribution >= 4 is 18.5 Å². The SMILES string of the molecule is CC[C@@H]1CNCCN1C(=O)OCc1c(F)ccc(OCCC(C)(C)C)c1F.Cl. The van der Waals surface area contributed by atoms with Gasteiger partial charge in [0, 0.05) is 25.7 Å². The molecule has 0 radical (unpaired) electrons. The maximum absolute atomic E-state index is 14.6. The van der Waals surface area contributed by atoms with Crippen LogP contribution in [0.25, 0.3) is 0 Å². The van der Waals surface area contributed by atoms with Gasteiger partial charge in [-0.1, -0.05) is 27.7 Å². The van der Waals surface area contributed by atoms with Crippen LogP contribution in [0.5, 0.6) is 5.75 Å². The number of amides is 1. The maximum atomic E-state index is 14.6. The molecule has 0 aromatic heterocycles. The fourth-order valence-corrected chi connectivity index (χ4v) is 2.87. The molecule has 8 heteroatoms. The largest absolute Gasteiger partial charge is 0.490 e. The van der Waals surface area contributed by atoms with Crippen molar-refractivity contribution in [1.29, 1.82) is 0 Å². The Kier molecular flexibility index (Phi) is 9.44. The van der Waals surface area contributed by atoms with Crippen molar-refractivity contribution in [1.82, 2.24) is 10.2 Å². The van der Waals surface area contributed by atoms with E-state index in [1.165, 1.54) is 6.07 Å². The second-order valence-corrected chi connectivity index (χ2v) is 8.01. The van der Waals surface area contributed by atoms with Gasteiger partial charge in [-0.25, -0.2) is 13.6 Å². The van der Waals surface area contributed by atoms with E-state index in [2.05, 4.69) is 26.1 Å². The number of ether oxygens (including phenoxy) is 2. The molecule has 0 bridgehead atoms. The molecule has 1 aromatic rings. The number of rotatable bonds is 6. The van der Waals surface area contributed by atoms with Gasteiger partial charge in [0.05, 0.1) is 12.2 Å². The summed E-state index contributed by atoms with van der Waals surface area (Å²) in [5.74, 6) is -1.60. The molecule has 0 aliphatic carbocycles. The third-order valence-electron chi connectivity index (χ3n) is 4.66. The van der Waals surface area contributed by atoms with Crippen LogP contribution < -0.4 is 10.1 Å². The standard InChI is InChI=1S/C20H30F2N2O3.ClH/c1-5-14-12-23-9-10-24(14)19(25)27-13-15-16(21)6-7-17(18(15)22)26-11-8-20(2,3)4;/h6-7,14,23H,5,8-13H2,1-4H3;1H/t14-;/m1./s1. The van der Waals surface area contributed by atoms with Gasteiger partial charge in [-0.3, -0.25) is 0 Å². The monoisotopic (exact) mass is 420 g/mol. The average Bonchev–Trinajstić information content (AvgIpc) is 2.62. The number of hydrogen-bond acceptors (Lipinski definition) is 4. The van der Waals surface area contributed by atoms with E-state index in [0.29, 0.717) is 26.2 Å². The first-order valence-corrected chi connectivity index (χ1v) is 9.46. The zero-order valence-corrected chi connectivity index (χ0v) is 17.8. The van der Waals surface area contributed by atoms with Crippen molar-refractivity contribution in [3.05, 3.63) is 29.3 Å². The van der Waals surface area contributed by atoms with Crippen LogP contribution in [-0.2, 0) is 11.3 Å². The Labute approximate surface area is 172 Å². The molecule has 1 aliphatic heterocycles. The lowest BCUT2D eigenvalue weighted by Gasteiger charge is -2.34. The number of carbonyl (C=O) groups excluding carboxylic acids is 1. The average molecular weight is 421 g/mol. The highest BCUT2D eigenvalue weighted by molar-refractivity contribution is 5.85. The van der Waals surface area contributed by atoms with E-state index in [9.17, 15) is 13.6 Å². The number of hydrogen-bond donors (Lipinski definition) is 1. The molecule has 1 aromatic carbocycles. The van der Waals surface area contributed by atoms with Crippen molar-refractivity contribution in [3.63, 3.8) is 0 Å². The number of nitrogens with one attached hydrogen (secondary N) is 1. The Morgan fingerprint density at radius 3 is 2.68 bits per heavy atom. The van der Waals surface area contributed by atoms with Gasteiger partial charge < -0.3 is 19.7 Å². The normalized spacial score (nSPS) is 17.1. The zero-order valence-electron chi connectivity index (χ0n) is 17.0. The topological polar surface area (TPSA) is 50.8 Å². The summed E-state index contributed by atoms with van der Waals surface area (Å²) < 4.78 is 39.3. The molecule has 1 N–H and O–H groups in total. The van der Waals surface area contributed by atoms with Gasteiger partial charge in [-0.05, 0) is 30.4 Å². The van der Waals surface area contributed by atoms with E-state index in [1.54, 1.807) is 4.90 Å². The minimum atomic E-state index is -0.816. The van der Waals surface area contributed by atoms with Crippen LogP contribution in [0.2, 0.25) is 0 Å². The summed E-state index contributed by atoms with van der Waals surface area (Å²) in [7, 11) is 0. The highest BCUT2D eigenvalue weighted by atomic mass is 35.5. The second-order valence-electron chi connectivity index (χ2n) is 8.01. The number of benzene rings is 1. The molecule has 2 rings (SSSR count). The van der Waals surface area contributed by atoms with E-state index >= 15 is 0 Å². The number of halogens is 3. The Morgan fingerprint density at radius 2 is 2.04 bits per heavy atom. The number of piperazine rings is 1. The Hall–Kier alpha value is -1.60. The fraction of sp³-hybridized carbons (Fsp3) is 0.650. The van der Waals surface area contributed by atoms with E-state index in [4.69, 9.17) is 9.47 Å². The predicted molar refractivity (Wildman–Crippen MR) is 107 cm³/mol. The summed E-state index contributed by atoms with van der Waals surface area (Å²) in [5.41, 5.74) is -0.242. The Morgan fingerprint density at radius 1 is 1.32 bits per heavy atom. The van der Waals surface area contributed by atoms with E-state index < -0.39 is 24.3 Å². The van der Waals surface area contributed by atoms with E-state index in [0.717, 1.165) is 18.9 Å². The van der Waals surface area contributed by atoms with Crippen LogP contribution in [0.3, 0.4) is 0 Å². The van der Waals surface area contributed by atoms with Crippen molar-refractivity contribution in [2.75, 3.05) is 26.2 Å². The molecule has 5 nitrogen and oxygen atoms in total. The van der Waals surface area contributed by atoms with E-state index in [-0.39, 0.29) is 35.2 Å². The second kappa shape index (κ2) is 10.8. The molecule has 1 fully saturated rings. The molecule has 1 saturated heterocycles. The highest BCUT2D eigenvalue weighted by Gasteiger charge is 2.27. The summed E-state index contributed by atoms with van der Waals surface area (Å²) in [6, 6.07) is 2.42. The molecular formula is C20H31ClF2N2O3. The fourth-order valence-electron chi connectivity index (χ4n) is 2.87. The zero-order chi connectivity index (χ0) is 20.0. The number of carbonyl (C=O) groups is 1. The van der Waals surface area contributed by atoms with Crippen molar-refractivity contribution in [2.45, 2.75) is 53.2 Å². The molecule has 28 heavy (non-hydrogen) atoms. The summed E-state index contributed by atoms with van der Waals surface area (Å²) in [4.78, 5) is 13.9. The highest BCUT2D eigenvalue weighted by Crippen LogP contribution is 2.26. The van der Waals surface area contributed by atoms with Gasteiger partial charge in [0.15, 0.2) is 11.6 Å². The first kappa shape index (κ1) is 24.4. The first-order chi connectivity index (χ1) is 12.7. The molecular weight excluding hydrogens is 390 g/mol. The smallest absolute Gasteiger partial charge is 0.410 e. The lowest BCUT2D eigenvalue weighted by molar-refractivity contribution is 0.0697. The maximum Gasteiger partial charge on any atom is 0.410 e. The van der Waals surface area contributed by atoms with Gasteiger partial charge in [0.25, 0.3) is 0 Å². The molecule has 160 valence electrons. The van der Waals surface area contributed by atoms with Gasteiger partial charge in [-0.2, -0.15) is 0 Å². The van der Waals surface area contributed by atoms with Crippen LogP contribution in [0.15, 0.2) is 12.1 Å². The molecule has 1 atom stereocenters. The third-order valence-corrected chi connectivity index (χ3v) is 4.66. The van der Waals surface area contributed by atoms with Crippen LogP contribution in [0, 0.1) is 17.0 Å². The van der Waals surface area contributed by atoms with Crippen LogP contribution in [-0.4, -0.2) is 43.3 Å². The van der Waals surface area contributed by atoms with Crippen molar-refractivity contribution in [2.24, 2.45) is 5.41 Å². The van der Waals surface area contributed by atoms with E-state index in [1.807, 2.05) is 6.92 Å². The molecule has 1 heterocycles. The van der Waals surface area contributed by atoms with Gasteiger partial charge in [0.2, 0.25) is 0 Å². The molecule has 1 amide bonds. The summed E-state index contributed by atoms with van der Waals surface area (Å²) in [5, 5.41) is 3.21. The summed E-state index contributed by atoms with van der Waals surface area (Å²) in [6.07, 6.45) is 0.957. The summed E-state index contributed by atoms with van der Waals surface area (Å²) >= 11 is 0. The quantitative estimate of drug-likeness (QED) is 0.735. The van der Waals surface area contributed by atoms with Crippen LogP contribution in [0.4, 0.5) is 13.6 Å². The molecule has 0 saturated carbocycles.